The van der Waals surface area contributed by atoms with Crippen molar-refractivity contribution in [2.24, 2.45) is 5.73 Å². The van der Waals surface area contributed by atoms with Crippen LogP contribution in [0.3, 0.4) is 0 Å². The Morgan fingerprint density at radius 1 is 1.24 bits per heavy atom. The summed E-state index contributed by atoms with van der Waals surface area (Å²) in [6, 6.07) is 9.43. The van der Waals surface area contributed by atoms with E-state index in [0.29, 0.717) is 31.6 Å². The van der Waals surface area contributed by atoms with E-state index in [4.69, 9.17) is 43.1 Å². The van der Waals surface area contributed by atoms with Gasteiger partial charge in [0.15, 0.2) is 11.0 Å². The first-order valence-corrected chi connectivity index (χ1v) is 11.8. The minimum atomic E-state index is -1.32. The fourth-order valence-corrected chi connectivity index (χ4v) is 4.65. The van der Waals surface area contributed by atoms with Gasteiger partial charge in [-0.25, -0.2) is 4.98 Å². The van der Waals surface area contributed by atoms with E-state index in [0.717, 1.165) is 5.56 Å². The molecule has 1 saturated heterocycles. The lowest BCUT2D eigenvalue weighted by molar-refractivity contribution is -0.151. The van der Waals surface area contributed by atoms with Crippen molar-refractivity contribution >= 4 is 56.1 Å². The summed E-state index contributed by atoms with van der Waals surface area (Å²) in [6.45, 7) is -0.291. The second-order valence-corrected chi connectivity index (χ2v) is 9.36. The van der Waals surface area contributed by atoms with E-state index in [1.54, 1.807) is 35.9 Å². The molecule has 4 rings (SSSR count). The third-order valence-corrected chi connectivity index (χ3v) is 6.87. The van der Waals surface area contributed by atoms with Crippen molar-refractivity contribution in [3.05, 3.63) is 56.7 Å². The SMILES string of the molecule is COc1ccc(C[C@H](N)C(=O)OC[C@H]2O[C@@H](n3c(Br)nc4cc(Cl)c(Cl)cc43)[C@H](O)[C@@H]2O)cc1. The molecule has 1 fully saturated rings. The first-order valence-electron chi connectivity index (χ1n) is 10.3. The summed E-state index contributed by atoms with van der Waals surface area (Å²) < 4.78 is 18.1. The second-order valence-electron chi connectivity index (χ2n) is 7.84. The standard InChI is InChI=1S/C22H22BrCl2N3O6/c1-32-11-4-2-10(3-5-11)6-14(26)21(31)33-9-17-18(29)19(30)20(34-17)28-16-8-13(25)12(24)7-15(16)27-22(28)23/h2-5,7-8,14,17-20,29-30H,6,9,26H2,1H3/t14-,17+,18+,19+,20+/m0/s1. The first-order chi connectivity index (χ1) is 16.2. The van der Waals surface area contributed by atoms with Gasteiger partial charge in [-0.2, -0.15) is 0 Å². The summed E-state index contributed by atoms with van der Waals surface area (Å²) >= 11 is 15.5. The molecule has 0 aliphatic carbocycles. The molecule has 4 N–H and O–H groups in total. The molecule has 0 spiro atoms. The molecular weight excluding hydrogens is 553 g/mol. The van der Waals surface area contributed by atoms with Gasteiger partial charge in [0.2, 0.25) is 0 Å². The van der Waals surface area contributed by atoms with Crippen LogP contribution >= 0.6 is 39.1 Å². The number of benzene rings is 2. The van der Waals surface area contributed by atoms with Crippen molar-refractivity contribution in [1.82, 2.24) is 9.55 Å². The number of carbonyl (C=O) groups is 1. The van der Waals surface area contributed by atoms with E-state index >= 15 is 0 Å². The minimum absolute atomic E-state index is 0.263. The zero-order chi connectivity index (χ0) is 24.6. The van der Waals surface area contributed by atoms with Crippen LogP contribution in [0.1, 0.15) is 11.8 Å². The Kier molecular flexibility index (Phi) is 7.68. The Morgan fingerprint density at radius 2 is 1.91 bits per heavy atom. The van der Waals surface area contributed by atoms with Gasteiger partial charge in [-0.05, 0) is 52.2 Å². The van der Waals surface area contributed by atoms with Crippen LogP contribution in [0.4, 0.5) is 0 Å². The van der Waals surface area contributed by atoms with Gasteiger partial charge >= 0.3 is 5.97 Å². The third-order valence-electron chi connectivity index (χ3n) is 5.59. The molecule has 34 heavy (non-hydrogen) atoms. The number of methoxy groups -OCH3 is 1. The van der Waals surface area contributed by atoms with E-state index in [2.05, 4.69) is 20.9 Å². The highest BCUT2D eigenvalue weighted by molar-refractivity contribution is 9.10. The maximum Gasteiger partial charge on any atom is 0.323 e. The minimum Gasteiger partial charge on any atom is -0.497 e. The van der Waals surface area contributed by atoms with Crippen molar-refractivity contribution in [2.45, 2.75) is 37.0 Å². The molecule has 0 saturated carbocycles. The summed E-state index contributed by atoms with van der Waals surface area (Å²) in [5, 5.41) is 21.8. The van der Waals surface area contributed by atoms with Crippen molar-refractivity contribution in [2.75, 3.05) is 13.7 Å². The molecule has 2 aromatic carbocycles. The molecule has 5 atom stereocenters. The second kappa shape index (κ2) is 10.4. The number of nitrogens with zero attached hydrogens (tertiary/aromatic N) is 2. The molecule has 182 valence electrons. The molecule has 1 aromatic heterocycles. The van der Waals surface area contributed by atoms with Crippen molar-refractivity contribution in [3.8, 4) is 5.75 Å². The quantitative estimate of drug-likeness (QED) is 0.367. The van der Waals surface area contributed by atoms with Crippen LogP contribution < -0.4 is 10.5 Å². The Labute approximate surface area is 213 Å². The lowest BCUT2D eigenvalue weighted by Crippen LogP contribution is -2.38. The molecule has 1 aliphatic rings. The Hall–Kier alpha value is -1.92. The Balaban J connectivity index is 1.41. The molecule has 0 unspecified atom stereocenters. The molecule has 1 aliphatic heterocycles. The van der Waals surface area contributed by atoms with Gasteiger partial charge in [0.05, 0.1) is 28.2 Å². The predicted octanol–water partition coefficient (Wildman–Crippen LogP) is 2.85. The highest BCUT2D eigenvalue weighted by Gasteiger charge is 2.45. The van der Waals surface area contributed by atoms with E-state index < -0.39 is 36.6 Å². The lowest BCUT2D eigenvalue weighted by atomic mass is 10.1. The summed E-state index contributed by atoms with van der Waals surface area (Å²) in [5.41, 5.74) is 7.88. The van der Waals surface area contributed by atoms with Gasteiger partial charge in [0, 0.05) is 0 Å². The average Bonchev–Trinajstić information content (AvgIpc) is 3.27. The molecule has 0 radical (unpaired) electrons. The first kappa shape index (κ1) is 25.2. The summed E-state index contributed by atoms with van der Waals surface area (Å²) in [7, 11) is 1.57. The van der Waals surface area contributed by atoms with Crippen LogP contribution in [0.25, 0.3) is 11.0 Å². The average molecular weight is 575 g/mol. The summed E-state index contributed by atoms with van der Waals surface area (Å²) in [4.78, 5) is 16.7. The molecule has 3 aromatic rings. The molecule has 2 heterocycles. The summed E-state index contributed by atoms with van der Waals surface area (Å²) in [6.07, 6.45) is -4.37. The number of aliphatic hydroxyl groups is 2. The van der Waals surface area contributed by atoms with Gasteiger partial charge < -0.3 is 30.2 Å². The smallest absolute Gasteiger partial charge is 0.323 e. The number of hydrogen-bond donors (Lipinski definition) is 3. The molecule has 12 heteroatoms. The fraction of sp³-hybridized carbons (Fsp3) is 0.364. The van der Waals surface area contributed by atoms with Crippen LogP contribution in [-0.2, 0) is 20.7 Å². The van der Waals surface area contributed by atoms with Gasteiger partial charge in [-0.15, -0.1) is 0 Å². The number of carbonyl (C=O) groups excluding carboxylic acids is 1. The number of halogens is 3. The van der Waals surface area contributed by atoms with Crippen LogP contribution in [0.5, 0.6) is 5.75 Å². The largest absolute Gasteiger partial charge is 0.497 e. The molecule has 0 amide bonds. The number of nitrogens with two attached hydrogens (primary N) is 1. The van der Waals surface area contributed by atoms with Crippen LogP contribution in [0, 0.1) is 0 Å². The van der Waals surface area contributed by atoms with Crippen molar-refractivity contribution < 1.29 is 29.2 Å². The number of imidazole rings is 1. The number of ether oxygens (including phenoxy) is 3. The Bertz CT molecular complexity index is 1190. The van der Waals surface area contributed by atoms with Crippen LogP contribution in [-0.4, -0.2) is 63.8 Å². The van der Waals surface area contributed by atoms with E-state index in [1.165, 1.54) is 0 Å². The number of fused-ring (bicyclic) bond motifs is 1. The topological polar surface area (TPSA) is 129 Å². The van der Waals surface area contributed by atoms with E-state index in [1.807, 2.05) is 12.1 Å². The van der Waals surface area contributed by atoms with E-state index in [9.17, 15) is 15.0 Å². The van der Waals surface area contributed by atoms with Gasteiger partial charge in [-0.1, -0.05) is 35.3 Å². The van der Waals surface area contributed by atoms with Crippen LogP contribution in [0.2, 0.25) is 10.0 Å². The normalized spacial score (nSPS) is 23.3. The number of aliphatic hydroxyl groups excluding tert-OH is 2. The third kappa shape index (κ3) is 5.03. The number of aromatic nitrogens is 2. The predicted molar refractivity (Wildman–Crippen MR) is 129 cm³/mol. The maximum atomic E-state index is 12.4. The highest BCUT2D eigenvalue weighted by Crippen LogP contribution is 2.37. The summed E-state index contributed by atoms with van der Waals surface area (Å²) in [5.74, 6) is 0.0447. The number of hydrogen-bond acceptors (Lipinski definition) is 8. The van der Waals surface area contributed by atoms with Crippen molar-refractivity contribution in [1.29, 1.82) is 0 Å². The fourth-order valence-electron chi connectivity index (χ4n) is 3.75. The number of rotatable bonds is 7. The van der Waals surface area contributed by atoms with Crippen LogP contribution in [0.15, 0.2) is 41.1 Å². The Morgan fingerprint density at radius 3 is 2.59 bits per heavy atom. The van der Waals surface area contributed by atoms with Gasteiger partial charge in [0.25, 0.3) is 0 Å². The van der Waals surface area contributed by atoms with Crippen molar-refractivity contribution in [3.63, 3.8) is 0 Å². The van der Waals surface area contributed by atoms with E-state index in [-0.39, 0.29) is 13.0 Å². The highest BCUT2D eigenvalue weighted by atomic mass is 79.9. The van der Waals surface area contributed by atoms with Gasteiger partial charge in [-0.3, -0.25) is 9.36 Å². The zero-order valence-corrected chi connectivity index (χ0v) is 21.0. The number of esters is 1. The zero-order valence-electron chi connectivity index (χ0n) is 17.9. The lowest BCUT2D eigenvalue weighted by Gasteiger charge is -2.18. The molecular formula is C22H22BrCl2N3O6. The molecule has 9 nitrogen and oxygen atoms in total. The maximum absolute atomic E-state index is 12.4. The molecule has 0 bridgehead atoms. The van der Waals surface area contributed by atoms with Gasteiger partial charge in [0.1, 0.15) is 36.7 Å². The monoisotopic (exact) mass is 573 g/mol.